The summed E-state index contributed by atoms with van der Waals surface area (Å²) in [4.78, 5) is 15.4. The number of rotatable bonds is 5. The molecule has 1 aliphatic rings. The zero-order valence-electron chi connectivity index (χ0n) is 17.2. The molecule has 4 rings (SSSR count). The molecular formula is C21H26ClN7O. The summed E-state index contributed by atoms with van der Waals surface area (Å²) in [5, 5.41) is 8.14. The number of halogens is 1. The number of guanidine groups is 1. The second kappa shape index (κ2) is 9.30. The fourth-order valence-corrected chi connectivity index (χ4v) is 4.00. The first-order valence-corrected chi connectivity index (χ1v) is 10.5. The Morgan fingerprint density at radius 1 is 1.40 bits per heavy atom. The van der Waals surface area contributed by atoms with Gasteiger partial charge in [0.1, 0.15) is 0 Å². The maximum absolute atomic E-state index is 6.04. The van der Waals surface area contributed by atoms with E-state index >= 15 is 0 Å². The Kier molecular flexibility index (Phi) is 6.32. The molecule has 1 aromatic carbocycles. The number of imidazole rings is 1. The van der Waals surface area contributed by atoms with Gasteiger partial charge in [-0.15, -0.1) is 0 Å². The van der Waals surface area contributed by atoms with Crippen LogP contribution in [0.25, 0.3) is 11.4 Å². The molecule has 30 heavy (non-hydrogen) atoms. The van der Waals surface area contributed by atoms with Gasteiger partial charge in [-0.05, 0) is 24.5 Å². The highest BCUT2D eigenvalue weighted by Gasteiger charge is 2.28. The molecule has 0 radical (unpaired) electrons. The number of hydrogen-bond donors (Lipinski definition) is 1. The SMILES string of the molecule is CN=C(NCCc1nc(-c2cccc(Cl)c2)no1)N1CCC(C)C(n2ccnc2)C1. The molecule has 1 N–H and O–H groups in total. The summed E-state index contributed by atoms with van der Waals surface area (Å²) in [6, 6.07) is 7.81. The van der Waals surface area contributed by atoms with Crippen LogP contribution in [0.3, 0.4) is 0 Å². The summed E-state index contributed by atoms with van der Waals surface area (Å²) in [7, 11) is 1.82. The van der Waals surface area contributed by atoms with Gasteiger partial charge in [-0.3, -0.25) is 4.99 Å². The Labute approximate surface area is 181 Å². The molecule has 0 bridgehead atoms. The van der Waals surface area contributed by atoms with Crippen LogP contribution in [-0.2, 0) is 6.42 Å². The minimum Gasteiger partial charge on any atom is -0.356 e. The molecule has 0 spiro atoms. The van der Waals surface area contributed by atoms with E-state index in [0.29, 0.717) is 41.7 Å². The van der Waals surface area contributed by atoms with Gasteiger partial charge in [0.2, 0.25) is 11.7 Å². The first-order chi connectivity index (χ1) is 14.6. The molecular weight excluding hydrogens is 402 g/mol. The molecule has 158 valence electrons. The van der Waals surface area contributed by atoms with E-state index in [1.165, 1.54) is 0 Å². The molecule has 8 nitrogen and oxygen atoms in total. The number of piperidine rings is 1. The fraction of sp³-hybridized carbons (Fsp3) is 0.429. The number of benzene rings is 1. The van der Waals surface area contributed by atoms with E-state index in [9.17, 15) is 0 Å². The average molecular weight is 428 g/mol. The maximum atomic E-state index is 6.04. The Morgan fingerprint density at radius 2 is 2.30 bits per heavy atom. The van der Waals surface area contributed by atoms with Gasteiger partial charge in [-0.25, -0.2) is 4.98 Å². The molecule has 0 aliphatic carbocycles. The molecule has 3 heterocycles. The van der Waals surface area contributed by atoms with Crippen molar-refractivity contribution in [1.29, 1.82) is 0 Å². The van der Waals surface area contributed by atoms with Crippen LogP contribution in [0.5, 0.6) is 0 Å². The van der Waals surface area contributed by atoms with Crippen molar-refractivity contribution in [1.82, 2.24) is 29.9 Å². The Bertz CT molecular complexity index is 985. The quantitative estimate of drug-likeness (QED) is 0.496. The van der Waals surface area contributed by atoms with Gasteiger partial charge >= 0.3 is 0 Å². The molecule has 3 aromatic rings. The number of hydrogen-bond acceptors (Lipinski definition) is 5. The fourth-order valence-electron chi connectivity index (χ4n) is 3.81. The first kappa shape index (κ1) is 20.4. The maximum Gasteiger partial charge on any atom is 0.228 e. The number of likely N-dealkylation sites (tertiary alicyclic amines) is 1. The second-order valence-corrected chi connectivity index (χ2v) is 7.97. The van der Waals surface area contributed by atoms with E-state index in [4.69, 9.17) is 16.1 Å². The lowest BCUT2D eigenvalue weighted by atomic mass is 9.93. The van der Waals surface area contributed by atoms with E-state index in [1.807, 2.05) is 50.0 Å². The molecule has 1 fully saturated rings. The first-order valence-electron chi connectivity index (χ1n) is 10.2. The molecule has 1 saturated heterocycles. The van der Waals surface area contributed by atoms with Gasteiger partial charge in [-0.2, -0.15) is 4.98 Å². The molecule has 9 heteroatoms. The summed E-state index contributed by atoms with van der Waals surface area (Å²) in [6.07, 6.45) is 7.49. The predicted octanol–water partition coefficient (Wildman–Crippen LogP) is 3.29. The zero-order valence-corrected chi connectivity index (χ0v) is 18.0. The number of nitrogens with one attached hydrogen (secondary N) is 1. The van der Waals surface area contributed by atoms with Crippen LogP contribution in [0.1, 0.15) is 25.3 Å². The third kappa shape index (κ3) is 4.64. The van der Waals surface area contributed by atoms with Crippen molar-refractivity contribution in [2.75, 3.05) is 26.7 Å². The van der Waals surface area contributed by atoms with Crippen molar-refractivity contribution in [2.24, 2.45) is 10.9 Å². The number of aliphatic imine (C=N–C) groups is 1. The number of nitrogens with zero attached hydrogens (tertiary/aromatic N) is 6. The van der Waals surface area contributed by atoms with Crippen molar-refractivity contribution in [3.8, 4) is 11.4 Å². The number of aromatic nitrogens is 4. The molecule has 0 saturated carbocycles. The summed E-state index contributed by atoms with van der Waals surface area (Å²) < 4.78 is 7.59. The lowest BCUT2D eigenvalue weighted by Crippen LogP contribution is -2.49. The predicted molar refractivity (Wildman–Crippen MR) is 116 cm³/mol. The smallest absolute Gasteiger partial charge is 0.228 e. The minimum absolute atomic E-state index is 0.385. The van der Waals surface area contributed by atoms with Crippen LogP contribution >= 0.6 is 11.6 Å². The summed E-state index contributed by atoms with van der Waals surface area (Å²) in [5.41, 5.74) is 0.842. The lowest BCUT2D eigenvalue weighted by Gasteiger charge is -2.39. The van der Waals surface area contributed by atoms with Gasteiger partial charge in [0.15, 0.2) is 5.96 Å². The highest BCUT2D eigenvalue weighted by Crippen LogP contribution is 2.27. The summed E-state index contributed by atoms with van der Waals surface area (Å²) >= 11 is 6.04. The largest absolute Gasteiger partial charge is 0.356 e. The third-order valence-electron chi connectivity index (χ3n) is 5.51. The van der Waals surface area contributed by atoms with Crippen LogP contribution in [0, 0.1) is 5.92 Å². The van der Waals surface area contributed by atoms with Crippen LogP contribution < -0.4 is 5.32 Å². The average Bonchev–Trinajstić information content (AvgIpc) is 3.44. The molecule has 2 unspecified atom stereocenters. The minimum atomic E-state index is 0.385. The van der Waals surface area contributed by atoms with Gasteiger partial charge in [0, 0.05) is 56.1 Å². The monoisotopic (exact) mass is 427 g/mol. The molecule has 0 amide bonds. The van der Waals surface area contributed by atoms with Crippen molar-refractivity contribution >= 4 is 17.6 Å². The molecule has 1 aliphatic heterocycles. The van der Waals surface area contributed by atoms with Crippen molar-refractivity contribution < 1.29 is 4.52 Å². The van der Waals surface area contributed by atoms with Crippen molar-refractivity contribution in [3.05, 3.63) is 53.9 Å². The summed E-state index contributed by atoms with van der Waals surface area (Å²) in [5.74, 6) is 2.61. The highest BCUT2D eigenvalue weighted by molar-refractivity contribution is 6.30. The van der Waals surface area contributed by atoms with E-state index in [1.54, 1.807) is 0 Å². The standard InChI is InChI=1S/C21H26ClN7O/c1-15-7-10-28(13-18(15)29-11-9-24-14-29)21(23-2)25-8-6-19-26-20(27-30-19)16-4-3-5-17(22)12-16/h3-5,9,11-12,14-15,18H,6-8,10,13H2,1-2H3,(H,23,25). The van der Waals surface area contributed by atoms with Gasteiger partial charge in [0.25, 0.3) is 0 Å². The van der Waals surface area contributed by atoms with Crippen LogP contribution in [0.2, 0.25) is 5.02 Å². The summed E-state index contributed by atoms with van der Waals surface area (Å²) in [6.45, 7) is 4.83. The van der Waals surface area contributed by atoms with E-state index in [-0.39, 0.29) is 0 Å². The van der Waals surface area contributed by atoms with Crippen molar-refractivity contribution in [2.45, 2.75) is 25.8 Å². The topological polar surface area (TPSA) is 84.4 Å². The van der Waals surface area contributed by atoms with E-state index < -0.39 is 0 Å². The van der Waals surface area contributed by atoms with Gasteiger partial charge in [-0.1, -0.05) is 35.8 Å². The normalized spacial score (nSPS) is 19.8. The van der Waals surface area contributed by atoms with Crippen LogP contribution in [0.4, 0.5) is 0 Å². The van der Waals surface area contributed by atoms with Crippen molar-refractivity contribution in [3.63, 3.8) is 0 Å². The Balaban J connectivity index is 1.33. The molecule has 2 aromatic heterocycles. The van der Waals surface area contributed by atoms with Gasteiger partial charge in [0.05, 0.1) is 12.4 Å². The van der Waals surface area contributed by atoms with E-state index in [2.05, 4.69) is 41.8 Å². The molecule has 2 atom stereocenters. The Morgan fingerprint density at radius 3 is 3.07 bits per heavy atom. The zero-order chi connectivity index (χ0) is 20.9. The Hall–Kier alpha value is -2.87. The van der Waals surface area contributed by atoms with Gasteiger partial charge < -0.3 is 19.3 Å². The second-order valence-electron chi connectivity index (χ2n) is 7.54. The van der Waals surface area contributed by atoms with Crippen LogP contribution in [0.15, 0.2) is 52.5 Å². The van der Waals surface area contributed by atoms with E-state index in [0.717, 1.165) is 31.0 Å². The lowest BCUT2D eigenvalue weighted by molar-refractivity contribution is 0.189. The van der Waals surface area contributed by atoms with Crippen LogP contribution in [-0.4, -0.2) is 57.2 Å². The third-order valence-corrected chi connectivity index (χ3v) is 5.75. The highest BCUT2D eigenvalue weighted by atomic mass is 35.5.